The largest absolute Gasteiger partial charge is 0.378 e. The molecule has 0 unspecified atom stereocenters. The van der Waals surface area contributed by atoms with Gasteiger partial charge in [-0.2, -0.15) is 0 Å². The summed E-state index contributed by atoms with van der Waals surface area (Å²) in [6.07, 6.45) is 2.00. The second-order valence-electron chi connectivity index (χ2n) is 7.09. The molecular weight excluding hydrogens is 334 g/mol. The zero-order chi connectivity index (χ0) is 19.4. The van der Waals surface area contributed by atoms with Gasteiger partial charge in [0.05, 0.1) is 0 Å². The number of carbonyl (C=O) groups is 1. The molecule has 140 valence electrons. The third-order valence-electron chi connectivity index (χ3n) is 5.04. The fourth-order valence-corrected chi connectivity index (χ4v) is 3.47. The first-order valence-electron chi connectivity index (χ1n) is 9.27. The Hall–Kier alpha value is -2.85. The highest BCUT2D eigenvalue weighted by Gasteiger charge is 2.16. The van der Waals surface area contributed by atoms with Crippen LogP contribution in [-0.4, -0.2) is 38.0 Å². The predicted octanol–water partition coefficient (Wildman–Crippen LogP) is 3.50. The van der Waals surface area contributed by atoms with Gasteiger partial charge >= 0.3 is 0 Å². The fraction of sp³-hybridized carbons (Fsp3) is 0.261. The lowest BCUT2D eigenvalue weighted by Gasteiger charge is -2.22. The van der Waals surface area contributed by atoms with E-state index in [0.717, 1.165) is 48.3 Å². The number of amides is 1. The topological polar surface area (TPSA) is 58.4 Å². The van der Waals surface area contributed by atoms with E-state index in [0.29, 0.717) is 5.56 Å². The fourth-order valence-electron chi connectivity index (χ4n) is 3.47. The van der Waals surface area contributed by atoms with Gasteiger partial charge in [-0.1, -0.05) is 48.6 Å². The van der Waals surface area contributed by atoms with Crippen LogP contribution < -0.4 is 11.1 Å². The van der Waals surface area contributed by atoms with Gasteiger partial charge in [-0.05, 0) is 60.3 Å². The van der Waals surface area contributed by atoms with Crippen molar-refractivity contribution in [3.8, 4) is 0 Å². The van der Waals surface area contributed by atoms with E-state index in [2.05, 4.69) is 42.2 Å². The van der Waals surface area contributed by atoms with Crippen molar-refractivity contribution in [3.63, 3.8) is 0 Å². The molecule has 0 aromatic heterocycles. The molecule has 1 fully saturated rings. The number of benzene rings is 2. The van der Waals surface area contributed by atoms with Crippen LogP contribution in [0.4, 0.5) is 0 Å². The van der Waals surface area contributed by atoms with E-state index in [1.165, 1.54) is 11.1 Å². The number of nitrogens with one attached hydrogen (secondary N) is 1. The molecule has 4 nitrogen and oxygen atoms in total. The monoisotopic (exact) mass is 361 g/mol. The summed E-state index contributed by atoms with van der Waals surface area (Å²) in [4.78, 5) is 13.7. The second-order valence-corrected chi connectivity index (χ2v) is 7.09. The van der Waals surface area contributed by atoms with Crippen molar-refractivity contribution >= 4 is 17.2 Å². The van der Waals surface area contributed by atoms with Crippen molar-refractivity contribution in [3.05, 3.63) is 82.9 Å². The van der Waals surface area contributed by atoms with Crippen molar-refractivity contribution in [2.75, 3.05) is 27.2 Å². The van der Waals surface area contributed by atoms with Gasteiger partial charge in [-0.3, -0.25) is 4.79 Å². The quantitative estimate of drug-likeness (QED) is 0.857. The summed E-state index contributed by atoms with van der Waals surface area (Å²) < 4.78 is 0. The summed E-state index contributed by atoms with van der Waals surface area (Å²) in [6.45, 7) is 6.08. The number of piperidine rings is 1. The number of carbonyl (C=O) groups excluding carboxylic acids is 1. The molecule has 0 aliphatic carbocycles. The van der Waals surface area contributed by atoms with Crippen LogP contribution in [0, 0.1) is 0 Å². The van der Waals surface area contributed by atoms with Crippen LogP contribution in [0.1, 0.15) is 39.9 Å². The maximum atomic E-state index is 11.7. The van der Waals surface area contributed by atoms with E-state index in [4.69, 9.17) is 5.73 Å². The van der Waals surface area contributed by atoms with Crippen LogP contribution in [0.2, 0.25) is 0 Å². The van der Waals surface area contributed by atoms with Crippen LogP contribution in [0.5, 0.6) is 0 Å². The second kappa shape index (κ2) is 8.23. The molecule has 4 heteroatoms. The van der Waals surface area contributed by atoms with Gasteiger partial charge in [0.15, 0.2) is 0 Å². The minimum absolute atomic E-state index is 0.399. The van der Waals surface area contributed by atoms with Crippen LogP contribution in [0.3, 0.4) is 0 Å². The number of nitrogens with zero attached hydrogens (tertiary/aromatic N) is 1. The lowest BCUT2D eigenvalue weighted by Crippen LogP contribution is -2.24. The number of nitrogens with two attached hydrogens (primary N) is 1. The molecule has 1 saturated heterocycles. The Morgan fingerprint density at radius 1 is 0.963 bits per heavy atom. The number of rotatable bonds is 5. The molecule has 1 heterocycles. The molecule has 2 aromatic rings. The summed E-state index contributed by atoms with van der Waals surface area (Å²) in [5.74, 6) is -0.399. The average Bonchev–Trinajstić information content (AvgIpc) is 2.69. The maximum absolute atomic E-state index is 11.7. The van der Waals surface area contributed by atoms with Gasteiger partial charge in [0, 0.05) is 25.4 Å². The van der Waals surface area contributed by atoms with Gasteiger partial charge in [0.2, 0.25) is 5.91 Å². The van der Waals surface area contributed by atoms with Crippen LogP contribution >= 0.6 is 0 Å². The molecule has 3 N–H and O–H groups in total. The number of hydrogen-bond donors (Lipinski definition) is 2. The molecule has 3 rings (SSSR count). The summed E-state index contributed by atoms with van der Waals surface area (Å²) in [7, 11) is 3.99. The summed E-state index contributed by atoms with van der Waals surface area (Å²) in [5.41, 5.74) is 12.9. The Bertz CT molecular complexity index is 871. The molecule has 1 aliphatic rings. The van der Waals surface area contributed by atoms with Crippen molar-refractivity contribution < 1.29 is 4.79 Å². The van der Waals surface area contributed by atoms with E-state index in [9.17, 15) is 4.79 Å². The van der Waals surface area contributed by atoms with E-state index in [-0.39, 0.29) is 0 Å². The van der Waals surface area contributed by atoms with Gasteiger partial charge in [-0.15, -0.1) is 0 Å². The Labute approximate surface area is 161 Å². The highest BCUT2D eigenvalue weighted by Crippen LogP contribution is 2.32. The van der Waals surface area contributed by atoms with E-state index >= 15 is 0 Å². The maximum Gasteiger partial charge on any atom is 0.248 e. The molecule has 27 heavy (non-hydrogen) atoms. The first-order chi connectivity index (χ1) is 13.0. The van der Waals surface area contributed by atoms with Crippen LogP contribution in [0.25, 0.3) is 11.3 Å². The van der Waals surface area contributed by atoms with Gasteiger partial charge < -0.3 is 16.0 Å². The SMILES string of the molecule is C=C(c1ccc(C(=C2CCNCC2)c2cccc(C(N)=O)c2)cc1)N(C)C. The van der Waals surface area contributed by atoms with Crippen molar-refractivity contribution in [2.45, 2.75) is 12.8 Å². The Kier molecular flexibility index (Phi) is 5.77. The first-order valence-corrected chi connectivity index (χ1v) is 9.27. The summed E-state index contributed by atoms with van der Waals surface area (Å²) >= 11 is 0. The van der Waals surface area contributed by atoms with Crippen molar-refractivity contribution in [1.82, 2.24) is 10.2 Å². The van der Waals surface area contributed by atoms with Crippen molar-refractivity contribution in [2.24, 2.45) is 5.73 Å². The van der Waals surface area contributed by atoms with Crippen LogP contribution in [0.15, 0.2) is 60.7 Å². The highest BCUT2D eigenvalue weighted by atomic mass is 16.1. The Balaban J connectivity index is 2.07. The molecular formula is C23H27N3O. The molecule has 0 saturated carbocycles. The zero-order valence-corrected chi connectivity index (χ0v) is 16.1. The zero-order valence-electron chi connectivity index (χ0n) is 16.1. The van der Waals surface area contributed by atoms with Crippen molar-refractivity contribution in [1.29, 1.82) is 0 Å². The Morgan fingerprint density at radius 2 is 1.56 bits per heavy atom. The number of hydrogen-bond acceptors (Lipinski definition) is 3. The molecule has 1 amide bonds. The smallest absolute Gasteiger partial charge is 0.248 e. The average molecular weight is 361 g/mol. The van der Waals surface area contributed by atoms with Gasteiger partial charge in [0.25, 0.3) is 0 Å². The third kappa shape index (κ3) is 4.29. The molecule has 0 atom stereocenters. The standard InChI is InChI=1S/C23H27N3O/c1-16(26(2)3)17-7-9-18(10-8-17)22(19-11-13-25-14-12-19)20-5-4-6-21(15-20)23(24)27/h4-10,15,25H,1,11-14H2,2-3H3,(H2,24,27). The number of primary amides is 1. The van der Waals surface area contributed by atoms with Gasteiger partial charge in [-0.25, -0.2) is 0 Å². The molecule has 0 spiro atoms. The molecule has 2 aromatic carbocycles. The lowest BCUT2D eigenvalue weighted by molar-refractivity contribution is 0.100. The molecule has 0 bridgehead atoms. The minimum Gasteiger partial charge on any atom is -0.378 e. The van der Waals surface area contributed by atoms with E-state index in [1.54, 1.807) is 6.07 Å². The molecule has 0 radical (unpaired) electrons. The Morgan fingerprint density at radius 3 is 2.15 bits per heavy atom. The third-order valence-corrected chi connectivity index (χ3v) is 5.04. The highest BCUT2D eigenvalue weighted by molar-refractivity contribution is 5.94. The minimum atomic E-state index is -0.399. The predicted molar refractivity (Wildman–Crippen MR) is 112 cm³/mol. The van der Waals surface area contributed by atoms with E-state index in [1.807, 2.05) is 31.1 Å². The van der Waals surface area contributed by atoms with E-state index < -0.39 is 5.91 Å². The lowest BCUT2D eigenvalue weighted by atomic mass is 9.87. The van der Waals surface area contributed by atoms with Gasteiger partial charge in [0.1, 0.15) is 0 Å². The molecule has 1 aliphatic heterocycles. The van der Waals surface area contributed by atoms with Crippen LogP contribution in [-0.2, 0) is 0 Å². The normalized spacial score (nSPS) is 13.9. The summed E-state index contributed by atoms with van der Waals surface area (Å²) in [5, 5.41) is 3.41. The summed E-state index contributed by atoms with van der Waals surface area (Å²) in [6, 6.07) is 16.1. The first kappa shape index (κ1) is 18.9.